The molecule has 0 spiro atoms. The summed E-state index contributed by atoms with van der Waals surface area (Å²) in [5, 5.41) is 5.85. The third-order valence-corrected chi connectivity index (χ3v) is 4.16. The number of fused-ring (bicyclic) bond motifs is 2. The summed E-state index contributed by atoms with van der Waals surface area (Å²) in [5.41, 5.74) is 2.48. The van der Waals surface area contributed by atoms with Crippen LogP contribution in [0.25, 0.3) is 32.7 Å². The highest BCUT2D eigenvalue weighted by molar-refractivity contribution is 6.30. The average Bonchev–Trinajstić information content (AvgIpc) is 2.53. The molecule has 100 valence electrons. The van der Waals surface area contributed by atoms with Gasteiger partial charge in [0.25, 0.3) is 0 Å². The lowest BCUT2D eigenvalue weighted by molar-refractivity contribution is 1.67. The molecule has 1 heteroatoms. The Hall–Kier alpha value is -2.31. The van der Waals surface area contributed by atoms with E-state index in [-0.39, 0.29) is 0 Å². The van der Waals surface area contributed by atoms with Gasteiger partial charge in [-0.2, -0.15) is 0 Å². The predicted molar refractivity (Wildman–Crippen MR) is 91.9 cm³/mol. The molecule has 0 N–H and O–H groups in total. The number of rotatable bonds is 1. The normalized spacial score (nSPS) is 11.1. The Morgan fingerprint density at radius 2 is 1.10 bits per heavy atom. The van der Waals surface area contributed by atoms with E-state index in [9.17, 15) is 0 Å². The lowest BCUT2D eigenvalue weighted by Crippen LogP contribution is -1.85. The maximum Gasteiger partial charge on any atom is 0.0406 e. The molecule has 0 aliphatic carbocycles. The van der Waals surface area contributed by atoms with Crippen molar-refractivity contribution in [2.45, 2.75) is 0 Å². The van der Waals surface area contributed by atoms with Gasteiger partial charge in [-0.05, 0) is 50.9 Å². The Balaban J connectivity index is 2.18. The van der Waals surface area contributed by atoms with E-state index in [0.717, 1.165) is 5.02 Å². The molecule has 0 aliphatic rings. The maximum absolute atomic E-state index is 6.04. The van der Waals surface area contributed by atoms with Gasteiger partial charge in [0.15, 0.2) is 0 Å². The van der Waals surface area contributed by atoms with Gasteiger partial charge in [-0.1, -0.05) is 72.3 Å². The van der Waals surface area contributed by atoms with E-state index in [1.807, 2.05) is 12.1 Å². The smallest absolute Gasteiger partial charge is 0.0406 e. The SMILES string of the molecule is Clc1ccc(-c2c3ccccc3cc3ccccc23)cc1. The summed E-state index contributed by atoms with van der Waals surface area (Å²) in [6.07, 6.45) is 0. The van der Waals surface area contributed by atoms with E-state index in [2.05, 4.69) is 66.7 Å². The fourth-order valence-electron chi connectivity index (χ4n) is 2.94. The standard InChI is InChI=1S/C20H13Cl/c21-17-11-9-14(10-12-17)20-18-7-3-1-5-15(18)13-16-6-2-4-8-19(16)20/h1-13H. The highest BCUT2D eigenvalue weighted by Crippen LogP contribution is 2.36. The summed E-state index contributed by atoms with van der Waals surface area (Å²) in [6.45, 7) is 0. The van der Waals surface area contributed by atoms with Gasteiger partial charge in [0, 0.05) is 5.02 Å². The van der Waals surface area contributed by atoms with E-state index >= 15 is 0 Å². The topological polar surface area (TPSA) is 0 Å². The minimum absolute atomic E-state index is 0.767. The van der Waals surface area contributed by atoms with Crippen LogP contribution >= 0.6 is 11.6 Å². The third-order valence-electron chi connectivity index (χ3n) is 3.90. The highest BCUT2D eigenvalue weighted by Gasteiger charge is 2.09. The minimum atomic E-state index is 0.767. The number of benzene rings is 4. The Morgan fingerprint density at radius 1 is 0.571 bits per heavy atom. The van der Waals surface area contributed by atoms with Crippen LogP contribution in [0.5, 0.6) is 0 Å². The van der Waals surface area contributed by atoms with Gasteiger partial charge >= 0.3 is 0 Å². The third kappa shape index (κ3) is 2.09. The second-order valence-corrected chi connectivity index (χ2v) is 5.64. The summed E-state index contributed by atoms with van der Waals surface area (Å²) in [7, 11) is 0. The quantitative estimate of drug-likeness (QED) is 0.360. The lowest BCUT2D eigenvalue weighted by Gasteiger charge is -2.12. The molecule has 4 aromatic carbocycles. The minimum Gasteiger partial charge on any atom is -0.0843 e. The van der Waals surface area contributed by atoms with Crippen molar-refractivity contribution in [1.29, 1.82) is 0 Å². The van der Waals surface area contributed by atoms with E-state index in [4.69, 9.17) is 11.6 Å². The summed E-state index contributed by atoms with van der Waals surface area (Å²) in [6, 6.07) is 27.4. The van der Waals surface area contributed by atoms with Crippen molar-refractivity contribution in [3.8, 4) is 11.1 Å². The molecule has 4 aromatic rings. The molecule has 0 radical (unpaired) electrons. The van der Waals surface area contributed by atoms with Gasteiger partial charge in [-0.15, -0.1) is 0 Å². The van der Waals surface area contributed by atoms with Gasteiger partial charge in [0.1, 0.15) is 0 Å². The van der Waals surface area contributed by atoms with Crippen LogP contribution in [0, 0.1) is 0 Å². The first-order valence-electron chi connectivity index (χ1n) is 6.99. The Kier molecular flexibility index (Phi) is 2.90. The Morgan fingerprint density at radius 3 is 1.67 bits per heavy atom. The zero-order chi connectivity index (χ0) is 14.2. The summed E-state index contributed by atoms with van der Waals surface area (Å²) >= 11 is 6.04. The largest absolute Gasteiger partial charge is 0.0843 e. The lowest BCUT2D eigenvalue weighted by atomic mass is 9.92. The van der Waals surface area contributed by atoms with Crippen LogP contribution in [0.3, 0.4) is 0 Å². The maximum atomic E-state index is 6.04. The van der Waals surface area contributed by atoms with E-state index < -0.39 is 0 Å². The molecule has 0 amide bonds. The molecule has 0 aliphatic heterocycles. The van der Waals surface area contributed by atoms with Crippen molar-refractivity contribution >= 4 is 33.1 Å². The van der Waals surface area contributed by atoms with Crippen LogP contribution in [0.15, 0.2) is 78.9 Å². The van der Waals surface area contributed by atoms with Crippen molar-refractivity contribution in [2.75, 3.05) is 0 Å². The molecule has 0 heterocycles. The first-order chi connectivity index (χ1) is 10.3. The molecule has 0 atom stereocenters. The second-order valence-electron chi connectivity index (χ2n) is 5.20. The molecule has 0 saturated carbocycles. The molecule has 4 rings (SSSR count). The molecule has 21 heavy (non-hydrogen) atoms. The van der Waals surface area contributed by atoms with Crippen LogP contribution in [-0.2, 0) is 0 Å². The van der Waals surface area contributed by atoms with Crippen molar-refractivity contribution in [3.63, 3.8) is 0 Å². The first kappa shape index (κ1) is 12.4. The number of hydrogen-bond acceptors (Lipinski definition) is 0. The zero-order valence-electron chi connectivity index (χ0n) is 11.4. The summed E-state index contributed by atoms with van der Waals surface area (Å²) in [4.78, 5) is 0. The Bertz CT molecular complexity index is 883. The molecular weight excluding hydrogens is 276 g/mol. The number of halogens is 1. The van der Waals surface area contributed by atoms with E-state index in [1.165, 1.54) is 32.7 Å². The van der Waals surface area contributed by atoms with Gasteiger partial charge in [-0.25, -0.2) is 0 Å². The molecule has 0 fully saturated rings. The van der Waals surface area contributed by atoms with E-state index in [0.29, 0.717) is 0 Å². The molecule has 0 aromatic heterocycles. The molecular formula is C20H13Cl. The summed E-state index contributed by atoms with van der Waals surface area (Å²) < 4.78 is 0. The molecule has 0 saturated heterocycles. The van der Waals surface area contributed by atoms with Crippen molar-refractivity contribution in [2.24, 2.45) is 0 Å². The Labute approximate surface area is 128 Å². The highest BCUT2D eigenvalue weighted by atomic mass is 35.5. The van der Waals surface area contributed by atoms with Crippen LogP contribution < -0.4 is 0 Å². The summed E-state index contributed by atoms with van der Waals surface area (Å²) in [5.74, 6) is 0. The van der Waals surface area contributed by atoms with Crippen LogP contribution in [0.2, 0.25) is 5.02 Å². The molecule has 0 unspecified atom stereocenters. The van der Waals surface area contributed by atoms with Crippen molar-refractivity contribution < 1.29 is 0 Å². The van der Waals surface area contributed by atoms with Gasteiger partial charge < -0.3 is 0 Å². The van der Waals surface area contributed by atoms with Crippen molar-refractivity contribution in [3.05, 3.63) is 83.9 Å². The van der Waals surface area contributed by atoms with Crippen LogP contribution in [0.1, 0.15) is 0 Å². The second kappa shape index (κ2) is 4.91. The van der Waals surface area contributed by atoms with Gasteiger partial charge in [0.05, 0.1) is 0 Å². The predicted octanol–water partition coefficient (Wildman–Crippen LogP) is 6.31. The van der Waals surface area contributed by atoms with Crippen LogP contribution in [-0.4, -0.2) is 0 Å². The first-order valence-corrected chi connectivity index (χ1v) is 7.37. The van der Waals surface area contributed by atoms with Crippen molar-refractivity contribution in [1.82, 2.24) is 0 Å². The number of hydrogen-bond donors (Lipinski definition) is 0. The van der Waals surface area contributed by atoms with Crippen LogP contribution in [0.4, 0.5) is 0 Å². The average molecular weight is 289 g/mol. The fourth-order valence-corrected chi connectivity index (χ4v) is 3.07. The monoisotopic (exact) mass is 288 g/mol. The molecule has 0 nitrogen and oxygen atoms in total. The van der Waals surface area contributed by atoms with Gasteiger partial charge in [0.2, 0.25) is 0 Å². The molecule has 0 bridgehead atoms. The van der Waals surface area contributed by atoms with E-state index in [1.54, 1.807) is 0 Å². The van der Waals surface area contributed by atoms with Gasteiger partial charge in [-0.3, -0.25) is 0 Å². The zero-order valence-corrected chi connectivity index (χ0v) is 12.1. The fraction of sp³-hybridized carbons (Fsp3) is 0.